The van der Waals surface area contributed by atoms with E-state index in [-0.39, 0.29) is 16.8 Å². The van der Waals surface area contributed by atoms with Crippen LogP contribution in [0.15, 0.2) is 53.4 Å². The number of anilines is 1. The van der Waals surface area contributed by atoms with Gasteiger partial charge in [-0.25, -0.2) is 13.1 Å². The van der Waals surface area contributed by atoms with E-state index in [0.717, 1.165) is 0 Å². The second-order valence-corrected chi connectivity index (χ2v) is 9.30. The molecule has 9 heteroatoms. The maximum absolute atomic E-state index is 12.5. The average molecular weight is 447 g/mol. The van der Waals surface area contributed by atoms with Gasteiger partial charge in [-0.1, -0.05) is 23.7 Å². The van der Waals surface area contributed by atoms with Crippen molar-refractivity contribution >= 4 is 33.2 Å². The molecule has 0 aromatic heterocycles. The lowest BCUT2D eigenvalue weighted by atomic mass is 10.1. The predicted octanol–water partition coefficient (Wildman–Crippen LogP) is 2.98. The van der Waals surface area contributed by atoms with Gasteiger partial charge >= 0.3 is 0 Å². The number of piperidine rings is 1. The molecule has 2 aromatic carbocycles. The first kappa shape index (κ1) is 22.2. The number of carbonyl (C=O) groups is 1. The van der Waals surface area contributed by atoms with Crippen molar-refractivity contribution in [2.24, 2.45) is 0 Å². The van der Waals surface area contributed by atoms with Crippen molar-refractivity contribution in [2.45, 2.75) is 30.2 Å². The zero-order chi connectivity index (χ0) is 21.6. The van der Waals surface area contributed by atoms with Gasteiger partial charge in [0, 0.05) is 24.0 Å². The molecular formula is C21H23ClN4O3S. The molecule has 0 radical (unpaired) electrons. The molecule has 2 N–H and O–H groups in total. The summed E-state index contributed by atoms with van der Waals surface area (Å²) in [5.74, 6) is -0.150. The topological polar surface area (TPSA) is 102 Å². The number of para-hydroxylation sites is 1. The zero-order valence-corrected chi connectivity index (χ0v) is 17.9. The highest BCUT2D eigenvalue weighted by Gasteiger charge is 2.24. The van der Waals surface area contributed by atoms with E-state index in [1.807, 2.05) is 0 Å². The molecule has 3 rings (SSSR count). The molecule has 1 saturated heterocycles. The highest BCUT2D eigenvalue weighted by Crippen LogP contribution is 2.18. The lowest BCUT2D eigenvalue weighted by molar-refractivity contribution is -0.116. The van der Waals surface area contributed by atoms with Crippen molar-refractivity contribution in [3.63, 3.8) is 0 Å². The third-order valence-corrected chi connectivity index (χ3v) is 6.80. The highest BCUT2D eigenvalue weighted by atomic mass is 35.5. The van der Waals surface area contributed by atoms with Crippen molar-refractivity contribution in [3.8, 4) is 6.07 Å². The number of benzene rings is 2. The van der Waals surface area contributed by atoms with Crippen LogP contribution in [0.25, 0.3) is 0 Å². The molecule has 0 unspecified atom stereocenters. The van der Waals surface area contributed by atoms with Gasteiger partial charge in [-0.05, 0) is 62.3 Å². The van der Waals surface area contributed by atoms with Crippen LogP contribution in [0.2, 0.25) is 5.02 Å². The molecule has 2 aromatic rings. The summed E-state index contributed by atoms with van der Waals surface area (Å²) in [6.07, 6.45) is 1.65. The molecule has 1 aliphatic heterocycles. The minimum absolute atomic E-state index is 0.140. The number of hydrogen-bond acceptors (Lipinski definition) is 5. The van der Waals surface area contributed by atoms with Gasteiger partial charge in [0.25, 0.3) is 0 Å². The Bertz CT molecular complexity index is 1030. The fourth-order valence-corrected chi connectivity index (χ4v) is 4.77. The van der Waals surface area contributed by atoms with Crippen molar-refractivity contribution < 1.29 is 13.2 Å². The van der Waals surface area contributed by atoms with Crippen molar-refractivity contribution in [1.29, 1.82) is 5.26 Å². The third kappa shape index (κ3) is 6.03. The molecule has 0 spiro atoms. The van der Waals surface area contributed by atoms with Crippen molar-refractivity contribution in [1.82, 2.24) is 9.62 Å². The lowest BCUT2D eigenvalue weighted by Gasteiger charge is -2.32. The number of rotatable bonds is 7. The number of nitriles is 1. The number of hydrogen-bond donors (Lipinski definition) is 2. The van der Waals surface area contributed by atoms with Crippen LogP contribution in [-0.2, 0) is 14.8 Å². The molecule has 158 valence electrons. The summed E-state index contributed by atoms with van der Waals surface area (Å²) in [5, 5.41) is 12.4. The van der Waals surface area contributed by atoms with Crippen LogP contribution in [-0.4, -0.2) is 44.9 Å². The van der Waals surface area contributed by atoms with E-state index in [9.17, 15) is 13.2 Å². The minimum atomic E-state index is -3.58. The normalized spacial score (nSPS) is 15.5. The first-order chi connectivity index (χ1) is 14.4. The van der Waals surface area contributed by atoms with E-state index in [2.05, 4.69) is 21.0 Å². The highest BCUT2D eigenvalue weighted by molar-refractivity contribution is 7.89. The molecular weight excluding hydrogens is 424 g/mol. The summed E-state index contributed by atoms with van der Waals surface area (Å²) in [5.41, 5.74) is 0.944. The minimum Gasteiger partial charge on any atom is -0.325 e. The van der Waals surface area contributed by atoms with E-state index in [4.69, 9.17) is 16.9 Å². The quantitative estimate of drug-likeness (QED) is 0.680. The van der Waals surface area contributed by atoms with Gasteiger partial charge in [-0.3, -0.25) is 4.79 Å². The van der Waals surface area contributed by atoms with Crippen LogP contribution >= 0.6 is 11.6 Å². The Morgan fingerprint density at radius 3 is 2.47 bits per heavy atom. The van der Waals surface area contributed by atoms with E-state index in [1.165, 1.54) is 12.1 Å². The standard InChI is InChI=1S/C21H23ClN4O3S/c22-17-5-7-19(8-6-17)30(28,29)25-18-9-12-26(13-10-18)14-11-21(27)24-20-4-2-1-3-16(20)15-23/h1-8,18,25H,9-14H2,(H,24,27). The van der Waals surface area contributed by atoms with Gasteiger partial charge in [-0.2, -0.15) is 5.26 Å². The monoisotopic (exact) mass is 446 g/mol. The molecule has 1 aliphatic rings. The van der Waals surface area contributed by atoms with Crippen LogP contribution in [0.1, 0.15) is 24.8 Å². The van der Waals surface area contributed by atoms with E-state index in [0.29, 0.717) is 55.2 Å². The Morgan fingerprint density at radius 2 is 1.80 bits per heavy atom. The first-order valence-electron chi connectivity index (χ1n) is 9.66. The Hall–Kier alpha value is -2.44. The molecule has 1 fully saturated rings. The van der Waals surface area contributed by atoms with E-state index < -0.39 is 10.0 Å². The van der Waals surface area contributed by atoms with E-state index in [1.54, 1.807) is 36.4 Å². The summed E-state index contributed by atoms with van der Waals surface area (Å²) in [6.45, 7) is 1.99. The molecule has 30 heavy (non-hydrogen) atoms. The van der Waals surface area contributed by atoms with Crippen molar-refractivity contribution in [2.75, 3.05) is 25.0 Å². The summed E-state index contributed by atoms with van der Waals surface area (Å²) in [7, 11) is -3.58. The fraction of sp³-hybridized carbons (Fsp3) is 0.333. The Labute approximate surface area is 181 Å². The first-order valence-corrected chi connectivity index (χ1v) is 11.5. The molecule has 0 atom stereocenters. The van der Waals surface area contributed by atoms with Crippen LogP contribution in [0.3, 0.4) is 0 Å². The molecule has 1 heterocycles. The molecule has 0 aliphatic carbocycles. The fourth-order valence-electron chi connectivity index (χ4n) is 3.34. The summed E-state index contributed by atoms with van der Waals surface area (Å²) in [6, 6.07) is 14.9. The van der Waals surface area contributed by atoms with Crippen LogP contribution in [0.4, 0.5) is 5.69 Å². The number of nitrogens with one attached hydrogen (secondary N) is 2. The Morgan fingerprint density at radius 1 is 1.13 bits per heavy atom. The summed E-state index contributed by atoms with van der Waals surface area (Å²) in [4.78, 5) is 14.5. The van der Waals surface area contributed by atoms with Gasteiger partial charge in [0.1, 0.15) is 6.07 Å². The molecule has 1 amide bonds. The molecule has 7 nitrogen and oxygen atoms in total. The van der Waals surface area contributed by atoms with Crippen LogP contribution in [0.5, 0.6) is 0 Å². The lowest BCUT2D eigenvalue weighted by Crippen LogP contribution is -2.45. The second-order valence-electron chi connectivity index (χ2n) is 7.15. The number of amides is 1. The maximum atomic E-state index is 12.5. The smallest absolute Gasteiger partial charge is 0.240 e. The summed E-state index contributed by atoms with van der Waals surface area (Å²) >= 11 is 5.82. The van der Waals surface area contributed by atoms with E-state index >= 15 is 0 Å². The number of sulfonamides is 1. The number of carbonyl (C=O) groups excluding carboxylic acids is 1. The zero-order valence-electron chi connectivity index (χ0n) is 16.3. The predicted molar refractivity (Wildman–Crippen MR) is 116 cm³/mol. The van der Waals surface area contributed by atoms with Gasteiger partial charge in [-0.15, -0.1) is 0 Å². The molecule has 0 saturated carbocycles. The van der Waals surface area contributed by atoms with Crippen LogP contribution in [0, 0.1) is 11.3 Å². The Kier molecular flexibility index (Phi) is 7.45. The molecule has 0 bridgehead atoms. The average Bonchev–Trinajstić information content (AvgIpc) is 2.74. The van der Waals surface area contributed by atoms with Crippen LogP contribution < -0.4 is 10.0 Å². The van der Waals surface area contributed by atoms with Gasteiger partial charge < -0.3 is 10.2 Å². The van der Waals surface area contributed by atoms with Gasteiger partial charge in [0.2, 0.25) is 15.9 Å². The SMILES string of the molecule is N#Cc1ccccc1NC(=O)CCN1CCC(NS(=O)(=O)c2ccc(Cl)cc2)CC1. The Balaban J connectivity index is 1.44. The largest absolute Gasteiger partial charge is 0.325 e. The van der Waals surface area contributed by atoms with Crippen molar-refractivity contribution in [3.05, 3.63) is 59.1 Å². The third-order valence-electron chi connectivity index (χ3n) is 5.01. The van der Waals surface area contributed by atoms with Gasteiger partial charge in [0.05, 0.1) is 16.1 Å². The van der Waals surface area contributed by atoms with Gasteiger partial charge in [0.15, 0.2) is 0 Å². The number of nitrogens with zero attached hydrogens (tertiary/aromatic N) is 2. The summed E-state index contributed by atoms with van der Waals surface area (Å²) < 4.78 is 27.7. The number of likely N-dealkylation sites (tertiary alicyclic amines) is 1. The second kappa shape index (κ2) is 10.0. The number of halogens is 1. The maximum Gasteiger partial charge on any atom is 0.240 e.